The number of nitrogens with one attached hydrogen (secondary N) is 3. The maximum absolute atomic E-state index is 14.6. The lowest BCUT2D eigenvalue weighted by Gasteiger charge is -2.36. The van der Waals surface area contributed by atoms with Crippen LogP contribution in [0.25, 0.3) is 10.8 Å². The van der Waals surface area contributed by atoms with Crippen LogP contribution >= 0.6 is 0 Å². The van der Waals surface area contributed by atoms with Gasteiger partial charge in [0.2, 0.25) is 27.7 Å². The number of fused-ring (bicyclic) bond motifs is 3. The van der Waals surface area contributed by atoms with Crippen molar-refractivity contribution in [3.63, 3.8) is 0 Å². The quantitative estimate of drug-likeness (QED) is 0.282. The molecule has 6 rings (SSSR count). The molecule has 5 atom stereocenters. The van der Waals surface area contributed by atoms with Gasteiger partial charge in [0.25, 0.3) is 5.91 Å². The Kier molecular flexibility index (Phi) is 10.1. The van der Waals surface area contributed by atoms with E-state index in [0.717, 1.165) is 5.39 Å². The maximum atomic E-state index is 14.6. The van der Waals surface area contributed by atoms with Crippen molar-refractivity contribution in [2.24, 2.45) is 11.3 Å². The summed E-state index contributed by atoms with van der Waals surface area (Å²) in [6, 6.07) is 3.05. The van der Waals surface area contributed by atoms with E-state index in [0.29, 0.717) is 49.4 Å². The number of aromatic nitrogens is 1. The number of carbonyl (C=O) groups is 4. The van der Waals surface area contributed by atoms with Crippen molar-refractivity contribution in [1.29, 1.82) is 0 Å². The lowest BCUT2D eigenvalue weighted by atomic mass is 9.85. The van der Waals surface area contributed by atoms with E-state index in [2.05, 4.69) is 26.9 Å². The number of ether oxygens (including phenoxy) is 4. The number of nitrogens with zero attached hydrogens (tertiary/aromatic N) is 2. The van der Waals surface area contributed by atoms with Crippen molar-refractivity contribution in [2.45, 2.75) is 115 Å². The lowest BCUT2D eigenvalue weighted by molar-refractivity contribution is -0.143. The highest BCUT2D eigenvalue weighted by molar-refractivity contribution is 7.91. The number of pyridine rings is 1. The topological polar surface area (TPSA) is 192 Å². The van der Waals surface area contributed by atoms with Gasteiger partial charge in [-0.1, -0.05) is 33.8 Å². The summed E-state index contributed by atoms with van der Waals surface area (Å²) < 4.78 is 51.3. The summed E-state index contributed by atoms with van der Waals surface area (Å²) in [6.45, 7) is 16.7. The Bertz CT molecular complexity index is 1970. The summed E-state index contributed by atoms with van der Waals surface area (Å²) in [5.41, 5.74) is -3.25. The summed E-state index contributed by atoms with van der Waals surface area (Å²) in [5, 5.41) is 6.87. The van der Waals surface area contributed by atoms with E-state index < -0.39 is 79.2 Å². The monoisotopic (exact) mass is 769 g/mol. The van der Waals surface area contributed by atoms with Crippen LogP contribution in [-0.2, 0) is 29.1 Å². The fourth-order valence-electron chi connectivity index (χ4n) is 7.22. The predicted octanol–water partition coefficient (Wildman–Crippen LogP) is 3.74. The van der Waals surface area contributed by atoms with Gasteiger partial charge in [-0.3, -0.25) is 19.1 Å². The first kappa shape index (κ1) is 39.1. The highest BCUT2D eigenvalue weighted by Gasteiger charge is 2.63. The summed E-state index contributed by atoms with van der Waals surface area (Å²) in [7, 11) is -4.02. The molecule has 15 nitrogen and oxygen atoms in total. The molecule has 1 saturated heterocycles. The third-order valence-corrected chi connectivity index (χ3v) is 12.9. The van der Waals surface area contributed by atoms with Gasteiger partial charge < -0.3 is 34.5 Å². The standard InChI is InChI=1S/C38H51N5O10S/c1-9-22-20-38(22,33(46)42-54(48,49)37(10-2)14-15-37)41-30(44)26-19-23(21-43(26)32(45)29(35(3,4)5)40-34(47)53-36(6,7)8)52-31-25-11-12-27-28(51-18-17-50-27)24(25)13-16-39-31/h9,11-13,16,22-23,26,29H,1,10,14-15,17-21H2,2-8H3,(H,40,47)(H,41,44)(H,42,46)/t22-,23-,26+,29-,38-/m1/s1. The number of hydrogen-bond donors (Lipinski definition) is 3. The average Bonchev–Trinajstić information content (AvgIpc) is 4.00. The Morgan fingerprint density at radius 2 is 1.78 bits per heavy atom. The van der Waals surface area contributed by atoms with Crippen molar-refractivity contribution >= 4 is 44.6 Å². The van der Waals surface area contributed by atoms with Crippen molar-refractivity contribution in [1.82, 2.24) is 25.2 Å². The van der Waals surface area contributed by atoms with Gasteiger partial charge in [-0.05, 0) is 70.1 Å². The number of sulfonamides is 1. The van der Waals surface area contributed by atoms with E-state index in [-0.39, 0.29) is 25.3 Å². The largest absolute Gasteiger partial charge is 0.486 e. The zero-order valence-electron chi connectivity index (χ0n) is 31.9. The van der Waals surface area contributed by atoms with E-state index in [1.54, 1.807) is 72.9 Å². The smallest absolute Gasteiger partial charge is 0.408 e. The Hall–Kier alpha value is -4.60. The Labute approximate surface area is 315 Å². The molecule has 0 spiro atoms. The minimum Gasteiger partial charge on any atom is -0.486 e. The molecular weight excluding hydrogens is 719 g/mol. The van der Waals surface area contributed by atoms with E-state index >= 15 is 0 Å². The highest BCUT2D eigenvalue weighted by Crippen LogP contribution is 2.49. The van der Waals surface area contributed by atoms with Gasteiger partial charge in [0.15, 0.2) is 11.5 Å². The van der Waals surface area contributed by atoms with Gasteiger partial charge >= 0.3 is 6.09 Å². The number of hydrogen-bond acceptors (Lipinski definition) is 11. The van der Waals surface area contributed by atoms with E-state index in [1.165, 1.54) is 11.0 Å². The summed E-state index contributed by atoms with van der Waals surface area (Å²) in [4.78, 5) is 61.5. The Morgan fingerprint density at radius 1 is 1.07 bits per heavy atom. The van der Waals surface area contributed by atoms with Crippen LogP contribution in [0.2, 0.25) is 0 Å². The van der Waals surface area contributed by atoms with Gasteiger partial charge in [-0.15, -0.1) is 6.58 Å². The van der Waals surface area contributed by atoms with Crippen molar-refractivity contribution in [3.05, 3.63) is 37.1 Å². The molecule has 0 bridgehead atoms. The lowest BCUT2D eigenvalue weighted by Crippen LogP contribution is -2.60. The molecule has 3 fully saturated rings. The number of benzene rings is 1. The van der Waals surface area contributed by atoms with Gasteiger partial charge in [-0.2, -0.15) is 0 Å². The molecule has 294 valence electrons. The van der Waals surface area contributed by atoms with Gasteiger partial charge in [-0.25, -0.2) is 18.2 Å². The zero-order chi connectivity index (χ0) is 39.4. The summed E-state index contributed by atoms with van der Waals surface area (Å²) in [5.74, 6) is -1.24. The number of likely N-dealkylation sites (tertiary alicyclic amines) is 1. The second-order valence-electron chi connectivity index (χ2n) is 16.7. The minimum atomic E-state index is -4.02. The van der Waals surface area contributed by atoms with Crippen LogP contribution in [0.3, 0.4) is 0 Å². The molecule has 1 aromatic carbocycles. The van der Waals surface area contributed by atoms with Crippen LogP contribution < -0.4 is 29.6 Å². The molecule has 3 heterocycles. The Balaban J connectivity index is 1.30. The average molecular weight is 770 g/mol. The molecule has 4 amide bonds. The Morgan fingerprint density at radius 3 is 2.39 bits per heavy atom. The third kappa shape index (κ3) is 7.53. The SMILES string of the molecule is C=C[C@@H]1C[C@]1(NC(=O)[C@@H]1C[C@@H](Oc2nccc3c4c(ccc23)OCCO4)CN1C(=O)[C@@H](NC(=O)OC(C)(C)C)C(C)(C)C)C(=O)NS(=O)(=O)C1(CC)CC1. The highest BCUT2D eigenvalue weighted by atomic mass is 32.2. The second-order valence-corrected chi connectivity index (χ2v) is 18.8. The first-order chi connectivity index (χ1) is 25.2. The first-order valence-corrected chi connectivity index (χ1v) is 19.9. The van der Waals surface area contributed by atoms with Crippen LogP contribution in [-0.4, -0.2) is 95.9 Å². The molecule has 2 aromatic rings. The van der Waals surface area contributed by atoms with Crippen LogP contribution in [0, 0.1) is 11.3 Å². The molecule has 2 saturated carbocycles. The fourth-order valence-corrected chi connectivity index (χ4v) is 8.88. The minimum absolute atomic E-state index is 0.00279. The van der Waals surface area contributed by atoms with Crippen molar-refractivity contribution < 1.29 is 46.5 Å². The van der Waals surface area contributed by atoms with Crippen molar-refractivity contribution in [3.8, 4) is 17.4 Å². The molecule has 2 aliphatic heterocycles. The predicted molar refractivity (Wildman–Crippen MR) is 198 cm³/mol. The molecule has 16 heteroatoms. The van der Waals surface area contributed by atoms with Crippen LogP contribution in [0.4, 0.5) is 4.79 Å². The summed E-state index contributed by atoms with van der Waals surface area (Å²) in [6.07, 6.45) is 2.88. The van der Waals surface area contributed by atoms with Gasteiger partial charge in [0.1, 0.15) is 42.5 Å². The molecule has 4 aliphatic rings. The van der Waals surface area contributed by atoms with Crippen molar-refractivity contribution in [2.75, 3.05) is 19.8 Å². The molecule has 54 heavy (non-hydrogen) atoms. The normalized spacial score (nSPS) is 24.9. The van der Waals surface area contributed by atoms with Crippen LogP contribution in [0.5, 0.6) is 17.4 Å². The maximum Gasteiger partial charge on any atom is 0.408 e. The number of rotatable bonds is 11. The fraction of sp³-hybridized carbons (Fsp3) is 0.605. The molecule has 1 aromatic heterocycles. The second kappa shape index (κ2) is 13.9. The zero-order valence-corrected chi connectivity index (χ0v) is 32.8. The third-order valence-electron chi connectivity index (χ3n) is 10.6. The molecular formula is C38H51N5O10S. The van der Waals surface area contributed by atoms with Gasteiger partial charge in [0.05, 0.1) is 11.3 Å². The van der Waals surface area contributed by atoms with Crippen LogP contribution in [0.15, 0.2) is 37.1 Å². The molecule has 2 aliphatic carbocycles. The van der Waals surface area contributed by atoms with Gasteiger partial charge in [0, 0.05) is 29.3 Å². The molecule has 0 unspecified atom stereocenters. The number of amides is 4. The first-order valence-electron chi connectivity index (χ1n) is 18.4. The summed E-state index contributed by atoms with van der Waals surface area (Å²) >= 11 is 0. The van der Waals surface area contributed by atoms with E-state index in [1.807, 2.05) is 0 Å². The molecule has 0 radical (unpaired) electrons. The number of carbonyl (C=O) groups excluding carboxylic acids is 4. The van der Waals surface area contributed by atoms with E-state index in [9.17, 15) is 27.6 Å². The van der Waals surface area contributed by atoms with E-state index in [4.69, 9.17) is 18.9 Å². The number of alkyl carbamates (subject to hydrolysis) is 1. The molecule has 3 N–H and O–H groups in total. The van der Waals surface area contributed by atoms with Crippen LogP contribution in [0.1, 0.15) is 80.6 Å².